The number of nitrogens with one attached hydrogen (secondary N) is 1. The second-order valence-corrected chi connectivity index (χ2v) is 4.45. The maximum atomic E-state index is 10.5. The molecule has 1 rings (SSSR count). The highest BCUT2D eigenvalue weighted by Crippen LogP contribution is 2.20. The van der Waals surface area contributed by atoms with Crippen molar-refractivity contribution in [2.45, 2.75) is 26.7 Å². The first-order valence-corrected chi connectivity index (χ1v) is 6.76. The first-order valence-electron chi connectivity index (χ1n) is 6.35. The maximum absolute atomic E-state index is 10.5. The van der Waals surface area contributed by atoms with E-state index in [4.69, 9.17) is 23.7 Å². The quantitative estimate of drug-likeness (QED) is 0.502. The van der Waals surface area contributed by atoms with Gasteiger partial charge in [-0.05, 0) is 18.4 Å². The van der Waals surface area contributed by atoms with E-state index in [0.29, 0.717) is 17.9 Å². The average Bonchev–Trinajstić information content (AvgIpc) is 2.41. The number of carbonyl (C=O) groups excluding carboxylic acids is 1. The Morgan fingerprint density at radius 2 is 2.00 bits per heavy atom. The van der Waals surface area contributed by atoms with Crippen molar-refractivity contribution in [3.63, 3.8) is 0 Å². The van der Waals surface area contributed by atoms with Gasteiger partial charge in [-0.2, -0.15) is 5.10 Å². The van der Waals surface area contributed by atoms with Gasteiger partial charge in [0.15, 0.2) is 5.82 Å². The van der Waals surface area contributed by atoms with Gasteiger partial charge in [-0.15, -0.1) is 5.10 Å². The zero-order chi connectivity index (χ0) is 15.1. The summed E-state index contributed by atoms with van der Waals surface area (Å²) in [4.78, 5) is 10.7. The molecule has 7 nitrogen and oxygen atoms in total. The van der Waals surface area contributed by atoms with Crippen LogP contribution in [0.15, 0.2) is 0 Å². The number of ether oxygens (including phenoxy) is 1. The topological polar surface area (TPSA) is 116 Å². The summed E-state index contributed by atoms with van der Waals surface area (Å²) in [5.74, 6) is 0.500. The number of rotatable bonds is 7. The third-order valence-corrected chi connectivity index (χ3v) is 2.94. The number of carbonyl (C=O) groups is 1. The standard InChI is InChI=1S/C12H19N5O2S/c1-3-7-8(4-2)16-17-11(9(7)10(13)20)15-5-6-19-12(14)18/h3-6H2,1-2H3,(H2,13,20)(H2,14,18)(H,15,17). The number of aryl methyl sites for hydroxylation is 1. The average molecular weight is 297 g/mol. The van der Waals surface area contributed by atoms with Crippen LogP contribution in [0.1, 0.15) is 30.7 Å². The Labute approximate surface area is 123 Å². The van der Waals surface area contributed by atoms with Gasteiger partial charge in [0.05, 0.1) is 17.8 Å². The fourth-order valence-electron chi connectivity index (χ4n) is 1.88. The third-order valence-electron chi connectivity index (χ3n) is 2.73. The third kappa shape index (κ3) is 4.02. The van der Waals surface area contributed by atoms with Crippen LogP contribution in [-0.2, 0) is 17.6 Å². The van der Waals surface area contributed by atoms with E-state index in [-0.39, 0.29) is 11.6 Å². The minimum atomic E-state index is -0.817. The predicted octanol–water partition coefficient (Wildman–Crippen LogP) is 0.743. The SMILES string of the molecule is CCc1nnc(NCCOC(N)=O)c(C(N)=S)c1CC. The summed E-state index contributed by atoms with van der Waals surface area (Å²) in [6.07, 6.45) is 0.706. The zero-order valence-corrected chi connectivity index (χ0v) is 12.4. The van der Waals surface area contributed by atoms with E-state index in [1.807, 2.05) is 13.8 Å². The van der Waals surface area contributed by atoms with E-state index >= 15 is 0 Å². The number of nitrogens with two attached hydrogens (primary N) is 2. The highest BCUT2D eigenvalue weighted by atomic mass is 32.1. The molecule has 1 heterocycles. The smallest absolute Gasteiger partial charge is 0.404 e. The minimum absolute atomic E-state index is 0.130. The fraction of sp³-hybridized carbons (Fsp3) is 0.500. The molecule has 0 fully saturated rings. The molecule has 0 aliphatic rings. The summed E-state index contributed by atoms with van der Waals surface area (Å²) in [7, 11) is 0. The fourth-order valence-corrected chi connectivity index (χ4v) is 2.10. The van der Waals surface area contributed by atoms with Crippen molar-refractivity contribution in [3.05, 3.63) is 16.8 Å². The normalized spacial score (nSPS) is 10.1. The van der Waals surface area contributed by atoms with Gasteiger partial charge >= 0.3 is 6.09 Å². The first kappa shape index (κ1) is 16.1. The Balaban J connectivity index is 2.95. The molecule has 5 N–H and O–H groups in total. The number of hydrogen-bond donors (Lipinski definition) is 3. The highest BCUT2D eigenvalue weighted by Gasteiger charge is 2.16. The Morgan fingerprint density at radius 1 is 1.30 bits per heavy atom. The Kier molecular flexibility index (Phi) is 6.10. The lowest BCUT2D eigenvalue weighted by Gasteiger charge is -2.15. The molecule has 0 saturated carbocycles. The summed E-state index contributed by atoms with van der Waals surface area (Å²) >= 11 is 5.10. The second-order valence-electron chi connectivity index (χ2n) is 4.01. The van der Waals surface area contributed by atoms with Crippen LogP contribution in [0.2, 0.25) is 0 Å². The molecule has 0 saturated heterocycles. The lowest BCUT2D eigenvalue weighted by Crippen LogP contribution is -2.22. The van der Waals surface area contributed by atoms with E-state index in [9.17, 15) is 4.79 Å². The van der Waals surface area contributed by atoms with E-state index in [1.165, 1.54) is 0 Å². The monoisotopic (exact) mass is 297 g/mol. The summed E-state index contributed by atoms with van der Waals surface area (Å²) in [6.45, 7) is 4.49. The van der Waals surface area contributed by atoms with Gasteiger partial charge < -0.3 is 21.5 Å². The number of thiocarbonyl (C=S) groups is 1. The van der Waals surface area contributed by atoms with Gasteiger partial charge in [0.25, 0.3) is 0 Å². The second kappa shape index (κ2) is 7.59. The van der Waals surface area contributed by atoms with Crippen LogP contribution < -0.4 is 16.8 Å². The molecule has 8 heteroatoms. The number of aromatic nitrogens is 2. The summed E-state index contributed by atoms with van der Waals surface area (Å²) in [5.41, 5.74) is 13.2. The molecule has 1 amide bonds. The van der Waals surface area contributed by atoms with Crippen LogP contribution in [0.3, 0.4) is 0 Å². The molecule has 1 aromatic heterocycles. The Hall–Kier alpha value is -1.96. The van der Waals surface area contributed by atoms with Crippen molar-refractivity contribution in [3.8, 4) is 0 Å². The molecule has 0 aromatic carbocycles. The number of amides is 1. The molecule has 0 unspecified atom stereocenters. The van der Waals surface area contributed by atoms with Crippen LogP contribution >= 0.6 is 12.2 Å². The number of anilines is 1. The Morgan fingerprint density at radius 3 is 2.50 bits per heavy atom. The van der Waals surface area contributed by atoms with Crippen LogP contribution in [0, 0.1) is 0 Å². The van der Waals surface area contributed by atoms with Crippen molar-refractivity contribution < 1.29 is 9.53 Å². The molecular formula is C12H19N5O2S. The van der Waals surface area contributed by atoms with Gasteiger partial charge in [0, 0.05) is 0 Å². The van der Waals surface area contributed by atoms with Gasteiger partial charge in [-0.3, -0.25) is 0 Å². The molecule has 20 heavy (non-hydrogen) atoms. The summed E-state index contributed by atoms with van der Waals surface area (Å²) < 4.78 is 4.63. The molecule has 0 atom stereocenters. The number of primary amides is 1. The Bertz CT molecular complexity index is 507. The predicted molar refractivity (Wildman–Crippen MR) is 80.7 cm³/mol. The molecule has 0 radical (unpaired) electrons. The first-order chi connectivity index (χ1) is 9.51. The van der Waals surface area contributed by atoms with Gasteiger partial charge in [-0.25, -0.2) is 4.79 Å². The van der Waals surface area contributed by atoms with Gasteiger partial charge in [-0.1, -0.05) is 26.1 Å². The molecule has 0 bridgehead atoms. The van der Waals surface area contributed by atoms with E-state index in [2.05, 4.69) is 20.3 Å². The molecule has 110 valence electrons. The largest absolute Gasteiger partial charge is 0.448 e. The van der Waals surface area contributed by atoms with E-state index < -0.39 is 6.09 Å². The van der Waals surface area contributed by atoms with Crippen LogP contribution in [0.5, 0.6) is 0 Å². The van der Waals surface area contributed by atoms with Crippen LogP contribution in [0.25, 0.3) is 0 Å². The molecule has 1 aromatic rings. The molecule has 0 aliphatic carbocycles. The number of hydrogen-bond acceptors (Lipinski definition) is 6. The molecule has 0 aliphatic heterocycles. The van der Waals surface area contributed by atoms with Crippen LogP contribution in [-0.4, -0.2) is 34.4 Å². The molecular weight excluding hydrogens is 278 g/mol. The van der Waals surface area contributed by atoms with Crippen LogP contribution in [0.4, 0.5) is 10.6 Å². The van der Waals surface area contributed by atoms with Crippen molar-refractivity contribution in [2.75, 3.05) is 18.5 Å². The van der Waals surface area contributed by atoms with E-state index in [0.717, 1.165) is 24.1 Å². The lowest BCUT2D eigenvalue weighted by molar-refractivity contribution is 0.161. The summed E-state index contributed by atoms with van der Waals surface area (Å²) in [5, 5.41) is 11.3. The highest BCUT2D eigenvalue weighted by molar-refractivity contribution is 7.80. The lowest BCUT2D eigenvalue weighted by atomic mass is 10.0. The maximum Gasteiger partial charge on any atom is 0.404 e. The zero-order valence-electron chi connectivity index (χ0n) is 11.6. The van der Waals surface area contributed by atoms with Crippen molar-refractivity contribution >= 4 is 29.1 Å². The van der Waals surface area contributed by atoms with Crippen molar-refractivity contribution in [1.82, 2.24) is 10.2 Å². The van der Waals surface area contributed by atoms with Gasteiger partial charge in [0.1, 0.15) is 11.6 Å². The molecule has 0 spiro atoms. The number of nitrogens with zero attached hydrogens (tertiary/aromatic N) is 2. The summed E-state index contributed by atoms with van der Waals surface area (Å²) in [6, 6.07) is 0. The van der Waals surface area contributed by atoms with Gasteiger partial charge in [0.2, 0.25) is 0 Å². The van der Waals surface area contributed by atoms with E-state index in [1.54, 1.807) is 0 Å². The van der Waals surface area contributed by atoms with Crippen molar-refractivity contribution in [2.24, 2.45) is 11.5 Å². The minimum Gasteiger partial charge on any atom is -0.448 e. The van der Waals surface area contributed by atoms with Crippen molar-refractivity contribution in [1.29, 1.82) is 0 Å².